The number of hydrogen-bond donors (Lipinski definition) is 3. The van der Waals surface area contributed by atoms with Crippen LogP contribution >= 0.6 is 0 Å². The quantitative estimate of drug-likeness (QED) is 0.494. The summed E-state index contributed by atoms with van der Waals surface area (Å²) in [7, 11) is 2.02. The number of benzene rings is 2. The van der Waals surface area contributed by atoms with Crippen molar-refractivity contribution < 1.29 is 24.1 Å². The summed E-state index contributed by atoms with van der Waals surface area (Å²) in [4.78, 5) is 15.1. The third kappa shape index (κ3) is 7.30. The second kappa shape index (κ2) is 11.5. The van der Waals surface area contributed by atoms with E-state index in [2.05, 4.69) is 24.0 Å². The SMILES string of the molecule is C=CCOc1ccc(C[NH+](C)CC(=O)Nc2ccc(C[NH+]3CCOCC3)cc2)cc1. The van der Waals surface area contributed by atoms with Gasteiger partial charge in [0.05, 0.1) is 20.3 Å². The van der Waals surface area contributed by atoms with Gasteiger partial charge in [-0.2, -0.15) is 0 Å². The van der Waals surface area contributed by atoms with Crippen molar-refractivity contribution in [3.05, 3.63) is 72.3 Å². The summed E-state index contributed by atoms with van der Waals surface area (Å²) in [5.74, 6) is 0.845. The van der Waals surface area contributed by atoms with Crippen LogP contribution in [0.3, 0.4) is 0 Å². The van der Waals surface area contributed by atoms with E-state index in [1.807, 2.05) is 43.4 Å². The molecule has 3 N–H and O–H groups in total. The van der Waals surface area contributed by atoms with E-state index in [1.54, 1.807) is 11.0 Å². The zero-order valence-corrected chi connectivity index (χ0v) is 17.8. The Hall–Kier alpha value is -2.67. The molecule has 6 nitrogen and oxygen atoms in total. The van der Waals surface area contributed by atoms with Crippen LogP contribution in [0.15, 0.2) is 61.2 Å². The van der Waals surface area contributed by atoms with Gasteiger partial charge in [-0.15, -0.1) is 0 Å². The number of carbonyl (C=O) groups is 1. The highest BCUT2D eigenvalue weighted by Gasteiger charge is 2.15. The van der Waals surface area contributed by atoms with Crippen molar-refractivity contribution in [3.8, 4) is 5.75 Å². The Morgan fingerprint density at radius 2 is 1.80 bits per heavy atom. The summed E-state index contributed by atoms with van der Waals surface area (Å²) in [5.41, 5.74) is 3.30. The fourth-order valence-electron chi connectivity index (χ4n) is 3.58. The molecule has 0 radical (unpaired) electrons. The number of ether oxygens (including phenoxy) is 2. The molecule has 0 saturated carbocycles. The van der Waals surface area contributed by atoms with Crippen LogP contribution in [0.2, 0.25) is 0 Å². The number of morpholine rings is 1. The summed E-state index contributed by atoms with van der Waals surface area (Å²) >= 11 is 0. The molecule has 30 heavy (non-hydrogen) atoms. The molecule has 1 aliphatic rings. The number of hydrogen-bond acceptors (Lipinski definition) is 3. The molecule has 1 amide bonds. The van der Waals surface area contributed by atoms with Gasteiger partial charge in [0.25, 0.3) is 5.91 Å². The van der Waals surface area contributed by atoms with Crippen molar-refractivity contribution in [1.82, 2.24) is 0 Å². The van der Waals surface area contributed by atoms with Gasteiger partial charge in [0.15, 0.2) is 6.54 Å². The average Bonchev–Trinajstić information content (AvgIpc) is 2.75. The van der Waals surface area contributed by atoms with Crippen molar-refractivity contribution in [3.63, 3.8) is 0 Å². The normalized spacial score (nSPS) is 15.4. The molecule has 1 fully saturated rings. The summed E-state index contributed by atoms with van der Waals surface area (Å²) < 4.78 is 10.9. The van der Waals surface area contributed by atoms with Crippen LogP contribution in [0.5, 0.6) is 5.75 Å². The third-order valence-corrected chi connectivity index (χ3v) is 5.15. The van der Waals surface area contributed by atoms with Gasteiger partial charge >= 0.3 is 0 Å². The highest BCUT2D eigenvalue weighted by Crippen LogP contribution is 2.11. The first-order valence-corrected chi connectivity index (χ1v) is 10.6. The van der Waals surface area contributed by atoms with Crippen molar-refractivity contribution in [2.45, 2.75) is 13.1 Å². The Morgan fingerprint density at radius 1 is 1.13 bits per heavy atom. The summed E-state index contributed by atoms with van der Waals surface area (Å²) in [6.45, 7) is 10.1. The van der Waals surface area contributed by atoms with E-state index in [4.69, 9.17) is 9.47 Å². The van der Waals surface area contributed by atoms with E-state index in [-0.39, 0.29) is 5.91 Å². The van der Waals surface area contributed by atoms with E-state index in [0.29, 0.717) is 13.2 Å². The molecule has 1 saturated heterocycles. The summed E-state index contributed by atoms with van der Waals surface area (Å²) in [5, 5.41) is 3.01. The molecule has 6 heteroatoms. The minimum atomic E-state index is 0.0185. The minimum Gasteiger partial charge on any atom is -0.490 e. The molecule has 1 unspecified atom stereocenters. The molecule has 2 aromatic carbocycles. The molecule has 0 aliphatic carbocycles. The van der Waals surface area contributed by atoms with E-state index in [9.17, 15) is 4.79 Å². The fourth-order valence-corrected chi connectivity index (χ4v) is 3.58. The molecule has 1 atom stereocenters. The van der Waals surface area contributed by atoms with Gasteiger partial charge in [0.2, 0.25) is 0 Å². The van der Waals surface area contributed by atoms with Crippen LogP contribution in [-0.2, 0) is 22.6 Å². The Morgan fingerprint density at radius 3 is 2.47 bits per heavy atom. The molecule has 160 valence electrons. The second-order valence-electron chi connectivity index (χ2n) is 7.84. The van der Waals surface area contributed by atoms with Gasteiger partial charge in [0.1, 0.15) is 38.5 Å². The maximum absolute atomic E-state index is 12.4. The van der Waals surface area contributed by atoms with Crippen molar-refractivity contribution in [2.24, 2.45) is 0 Å². The van der Waals surface area contributed by atoms with E-state index in [0.717, 1.165) is 55.7 Å². The lowest BCUT2D eigenvalue weighted by atomic mass is 10.2. The zero-order valence-electron chi connectivity index (χ0n) is 17.8. The molecule has 2 aromatic rings. The Balaban J connectivity index is 1.42. The number of nitrogens with one attached hydrogen (secondary N) is 3. The predicted molar refractivity (Wildman–Crippen MR) is 118 cm³/mol. The lowest BCUT2D eigenvalue weighted by Gasteiger charge is -2.23. The molecular formula is C24H33N3O3+2. The van der Waals surface area contributed by atoms with Crippen LogP contribution in [0.25, 0.3) is 0 Å². The van der Waals surface area contributed by atoms with Crippen LogP contribution < -0.4 is 19.9 Å². The number of amides is 1. The predicted octanol–water partition coefficient (Wildman–Crippen LogP) is 0.320. The smallest absolute Gasteiger partial charge is 0.279 e. The maximum atomic E-state index is 12.4. The monoisotopic (exact) mass is 411 g/mol. The standard InChI is InChI=1S/C24H31N3O3/c1-3-14-30-23-10-6-20(7-11-23)17-26(2)19-24(28)25-22-8-4-21(5-9-22)18-27-12-15-29-16-13-27/h3-11H,1,12-19H2,2H3,(H,25,28)/p+2. The van der Waals surface area contributed by atoms with E-state index in [1.165, 1.54) is 11.1 Å². The lowest BCUT2D eigenvalue weighted by molar-refractivity contribution is -0.921. The van der Waals surface area contributed by atoms with E-state index >= 15 is 0 Å². The lowest BCUT2D eigenvalue weighted by Crippen LogP contribution is -3.12. The van der Waals surface area contributed by atoms with Crippen LogP contribution in [0, 0.1) is 0 Å². The largest absolute Gasteiger partial charge is 0.490 e. The topological polar surface area (TPSA) is 56.4 Å². The van der Waals surface area contributed by atoms with Crippen LogP contribution in [-0.4, -0.2) is 52.4 Å². The Labute approximate surface area is 179 Å². The maximum Gasteiger partial charge on any atom is 0.279 e. The zero-order chi connectivity index (χ0) is 21.2. The molecule has 0 bridgehead atoms. The number of anilines is 1. The Kier molecular flexibility index (Phi) is 8.44. The first-order valence-electron chi connectivity index (χ1n) is 10.6. The Bertz CT molecular complexity index is 799. The van der Waals surface area contributed by atoms with Gasteiger partial charge in [-0.3, -0.25) is 4.79 Å². The average molecular weight is 412 g/mol. The first-order chi connectivity index (χ1) is 14.6. The summed E-state index contributed by atoms with van der Waals surface area (Å²) in [6, 6.07) is 16.2. The van der Waals surface area contributed by atoms with Crippen LogP contribution in [0.1, 0.15) is 11.1 Å². The molecule has 1 heterocycles. The molecule has 0 aromatic heterocycles. The van der Waals surface area contributed by atoms with Gasteiger partial charge in [0, 0.05) is 16.8 Å². The highest BCUT2D eigenvalue weighted by molar-refractivity contribution is 5.91. The molecule has 3 rings (SSSR count). The van der Waals surface area contributed by atoms with Crippen LogP contribution in [0.4, 0.5) is 5.69 Å². The highest BCUT2D eigenvalue weighted by atomic mass is 16.5. The number of likely N-dealkylation sites (N-methyl/N-ethyl adjacent to an activating group) is 1. The van der Waals surface area contributed by atoms with Crippen molar-refractivity contribution in [2.75, 3.05) is 51.8 Å². The molecule has 0 spiro atoms. The fraction of sp³-hybridized carbons (Fsp3) is 0.375. The van der Waals surface area contributed by atoms with Gasteiger partial charge < -0.3 is 24.6 Å². The summed E-state index contributed by atoms with van der Waals surface area (Å²) in [6.07, 6.45) is 1.73. The minimum absolute atomic E-state index is 0.0185. The molecular weight excluding hydrogens is 378 g/mol. The van der Waals surface area contributed by atoms with Crippen molar-refractivity contribution >= 4 is 11.6 Å². The first kappa shape index (κ1) is 22.0. The second-order valence-corrected chi connectivity index (χ2v) is 7.84. The van der Waals surface area contributed by atoms with Gasteiger partial charge in [-0.05, 0) is 36.4 Å². The van der Waals surface area contributed by atoms with Gasteiger partial charge in [-0.25, -0.2) is 0 Å². The third-order valence-electron chi connectivity index (χ3n) is 5.15. The number of quaternary nitrogens is 2. The van der Waals surface area contributed by atoms with Crippen molar-refractivity contribution in [1.29, 1.82) is 0 Å². The van der Waals surface area contributed by atoms with E-state index < -0.39 is 0 Å². The van der Waals surface area contributed by atoms with Gasteiger partial charge in [-0.1, -0.05) is 24.8 Å². The number of rotatable bonds is 10. The molecule has 1 aliphatic heterocycles. The number of carbonyl (C=O) groups excluding carboxylic acids is 1.